The Balaban J connectivity index is 2.11. The van der Waals surface area contributed by atoms with Gasteiger partial charge in [0, 0.05) is 11.8 Å². The molecule has 0 aliphatic heterocycles. The average molecular weight is 249 g/mol. The number of rotatable bonds is 0. The Labute approximate surface area is 114 Å². The van der Waals surface area contributed by atoms with Crippen molar-refractivity contribution in [1.29, 1.82) is 0 Å². The van der Waals surface area contributed by atoms with Crippen molar-refractivity contribution in [3.8, 4) is 11.3 Å². The summed E-state index contributed by atoms with van der Waals surface area (Å²) >= 11 is 0. The summed E-state index contributed by atoms with van der Waals surface area (Å²) in [6.07, 6.45) is 5.82. The molecule has 1 atom stereocenters. The van der Waals surface area contributed by atoms with Gasteiger partial charge in [-0.25, -0.2) is 0 Å². The fourth-order valence-electron chi connectivity index (χ4n) is 4.14. The van der Waals surface area contributed by atoms with Crippen LogP contribution in [0.4, 0.5) is 0 Å². The van der Waals surface area contributed by atoms with E-state index >= 15 is 0 Å². The minimum atomic E-state index is 0.224. The minimum Gasteiger partial charge on any atom is -0.256 e. The predicted octanol–water partition coefficient (Wildman–Crippen LogP) is 4.46. The van der Waals surface area contributed by atoms with Crippen LogP contribution in [0.5, 0.6) is 0 Å². The Kier molecular flexibility index (Phi) is 2.18. The summed E-state index contributed by atoms with van der Waals surface area (Å²) in [6, 6.07) is 11.1. The van der Waals surface area contributed by atoms with Crippen LogP contribution in [0.15, 0.2) is 36.5 Å². The summed E-state index contributed by atoms with van der Waals surface area (Å²) in [7, 11) is 0. The molecule has 0 saturated carbocycles. The van der Waals surface area contributed by atoms with Gasteiger partial charge in [-0.05, 0) is 53.4 Å². The van der Waals surface area contributed by atoms with Crippen LogP contribution in [0, 0.1) is 0 Å². The average Bonchev–Trinajstić information content (AvgIpc) is 2.45. The zero-order valence-electron chi connectivity index (χ0n) is 11.6. The highest BCUT2D eigenvalue weighted by molar-refractivity contribution is 5.74. The molecule has 1 heteroatoms. The fraction of sp³-hybridized carbons (Fsp3) is 0.389. The van der Waals surface area contributed by atoms with Crippen LogP contribution < -0.4 is 0 Å². The van der Waals surface area contributed by atoms with Crippen LogP contribution in [-0.4, -0.2) is 4.98 Å². The highest BCUT2D eigenvalue weighted by Gasteiger charge is 2.42. The number of aromatic nitrogens is 1. The van der Waals surface area contributed by atoms with Crippen molar-refractivity contribution < 1.29 is 0 Å². The van der Waals surface area contributed by atoms with E-state index in [4.69, 9.17) is 4.98 Å². The molecule has 1 aromatic heterocycles. The number of pyridine rings is 1. The van der Waals surface area contributed by atoms with Gasteiger partial charge in [-0.15, -0.1) is 0 Å². The number of fused-ring (bicyclic) bond motifs is 2. The van der Waals surface area contributed by atoms with Gasteiger partial charge in [0.15, 0.2) is 0 Å². The summed E-state index contributed by atoms with van der Waals surface area (Å²) < 4.78 is 0. The molecule has 0 spiro atoms. The van der Waals surface area contributed by atoms with Crippen molar-refractivity contribution in [3.05, 3.63) is 53.2 Å². The van der Waals surface area contributed by atoms with E-state index in [2.05, 4.69) is 44.2 Å². The highest BCUT2D eigenvalue weighted by atomic mass is 14.7. The molecule has 96 valence electrons. The van der Waals surface area contributed by atoms with Crippen LogP contribution in [0.25, 0.3) is 11.3 Å². The molecule has 1 unspecified atom stereocenters. The minimum absolute atomic E-state index is 0.224. The lowest BCUT2D eigenvalue weighted by molar-refractivity contribution is 0.361. The molecule has 0 amide bonds. The van der Waals surface area contributed by atoms with E-state index in [1.54, 1.807) is 0 Å². The second-order valence-corrected chi connectivity index (χ2v) is 6.44. The van der Waals surface area contributed by atoms with Gasteiger partial charge in [0.2, 0.25) is 0 Å². The maximum Gasteiger partial charge on any atom is 0.0742 e. The molecule has 0 bridgehead atoms. The summed E-state index contributed by atoms with van der Waals surface area (Å²) in [6.45, 7) is 4.81. The normalized spacial score (nSPS) is 22.5. The van der Waals surface area contributed by atoms with E-state index in [0.717, 1.165) is 0 Å². The molecule has 0 radical (unpaired) electrons. The number of hydrogen-bond donors (Lipinski definition) is 0. The molecule has 4 rings (SSSR count). The van der Waals surface area contributed by atoms with Crippen LogP contribution in [0.3, 0.4) is 0 Å². The molecule has 1 heterocycles. The third-order valence-corrected chi connectivity index (χ3v) is 5.12. The number of nitrogens with zero attached hydrogens (tertiary/aromatic N) is 1. The fourth-order valence-corrected chi connectivity index (χ4v) is 4.14. The van der Waals surface area contributed by atoms with E-state index in [1.165, 1.54) is 47.2 Å². The summed E-state index contributed by atoms with van der Waals surface area (Å²) in [5.74, 6) is 0.634. The van der Waals surface area contributed by atoms with Gasteiger partial charge in [0.25, 0.3) is 0 Å². The lowest BCUT2D eigenvalue weighted by Crippen LogP contribution is -2.34. The Bertz CT molecular complexity index is 654. The molecule has 0 N–H and O–H groups in total. The first kappa shape index (κ1) is 11.2. The van der Waals surface area contributed by atoms with Crippen molar-refractivity contribution in [1.82, 2.24) is 4.98 Å². The highest BCUT2D eigenvalue weighted by Crippen LogP contribution is 2.54. The topological polar surface area (TPSA) is 12.9 Å². The zero-order valence-corrected chi connectivity index (χ0v) is 11.6. The molecule has 19 heavy (non-hydrogen) atoms. The SMILES string of the molecule is CC1(C)c2ccccc2-c2nccc3c2C1CCC3. The maximum absolute atomic E-state index is 4.72. The van der Waals surface area contributed by atoms with Crippen LogP contribution in [0.2, 0.25) is 0 Å². The van der Waals surface area contributed by atoms with E-state index < -0.39 is 0 Å². The van der Waals surface area contributed by atoms with Crippen LogP contribution in [0.1, 0.15) is 49.3 Å². The number of hydrogen-bond acceptors (Lipinski definition) is 1. The van der Waals surface area contributed by atoms with Crippen molar-refractivity contribution in [2.45, 2.75) is 44.4 Å². The lowest BCUT2D eigenvalue weighted by Gasteiger charge is -2.44. The van der Waals surface area contributed by atoms with Crippen LogP contribution in [-0.2, 0) is 11.8 Å². The van der Waals surface area contributed by atoms with Crippen molar-refractivity contribution in [2.24, 2.45) is 0 Å². The molecule has 2 aliphatic rings. The van der Waals surface area contributed by atoms with E-state index in [9.17, 15) is 0 Å². The largest absolute Gasteiger partial charge is 0.256 e. The molecule has 2 aliphatic carbocycles. The summed E-state index contributed by atoms with van der Waals surface area (Å²) in [4.78, 5) is 4.72. The Morgan fingerprint density at radius 2 is 2.00 bits per heavy atom. The first-order chi connectivity index (χ1) is 9.19. The van der Waals surface area contributed by atoms with Gasteiger partial charge >= 0.3 is 0 Å². The van der Waals surface area contributed by atoms with E-state index in [-0.39, 0.29) is 5.41 Å². The quantitative estimate of drug-likeness (QED) is 0.671. The van der Waals surface area contributed by atoms with Gasteiger partial charge in [-0.2, -0.15) is 0 Å². The standard InChI is InChI=1S/C18H19N/c1-18(2)14-8-4-3-7-13(14)17-16-12(10-11-19-17)6-5-9-15(16)18/h3-4,7-8,10-11,15H,5-6,9H2,1-2H3. The second kappa shape index (κ2) is 3.69. The molecular formula is C18H19N. The Morgan fingerprint density at radius 1 is 1.16 bits per heavy atom. The van der Waals surface area contributed by atoms with Gasteiger partial charge in [0.1, 0.15) is 0 Å². The summed E-state index contributed by atoms with van der Waals surface area (Å²) in [5.41, 5.74) is 7.36. The predicted molar refractivity (Wildman–Crippen MR) is 78.4 cm³/mol. The second-order valence-electron chi connectivity index (χ2n) is 6.44. The molecule has 1 aromatic carbocycles. The van der Waals surface area contributed by atoms with E-state index in [0.29, 0.717) is 5.92 Å². The molecule has 0 saturated heterocycles. The molecule has 0 fully saturated rings. The summed E-state index contributed by atoms with van der Waals surface area (Å²) in [5, 5.41) is 0. The van der Waals surface area contributed by atoms with Crippen molar-refractivity contribution in [2.75, 3.05) is 0 Å². The molecular weight excluding hydrogens is 230 g/mol. The zero-order chi connectivity index (χ0) is 13.0. The Hall–Kier alpha value is -1.63. The van der Waals surface area contributed by atoms with Gasteiger partial charge in [-0.1, -0.05) is 38.1 Å². The monoisotopic (exact) mass is 249 g/mol. The van der Waals surface area contributed by atoms with Crippen molar-refractivity contribution >= 4 is 0 Å². The first-order valence-electron chi connectivity index (χ1n) is 7.27. The van der Waals surface area contributed by atoms with Gasteiger partial charge in [0.05, 0.1) is 5.69 Å². The third-order valence-electron chi connectivity index (χ3n) is 5.12. The molecule has 1 nitrogen and oxygen atoms in total. The number of benzene rings is 1. The van der Waals surface area contributed by atoms with Gasteiger partial charge in [-0.3, -0.25) is 4.98 Å². The Morgan fingerprint density at radius 3 is 2.89 bits per heavy atom. The van der Waals surface area contributed by atoms with Crippen LogP contribution >= 0.6 is 0 Å². The van der Waals surface area contributed by atoms with Gasteiger partial charge < -0.3 is 0 Å². The maximum atomic E-state index is 4.72. The third kappa shape index (κ3) is 1.39. The molecule has 2 aromatic rings. The number of aryl methyl sites for hydroxylation is 1. The smallest absolute Gasteiger partial charge is 0.0742 e. The van der Waals surface area contributed by atoms with E-state index in [1.807, 2.05) is 6.20 Å². The first-order valence-corrected chi connectivity index (χ1v) is 7.27. The lowest BCUT2D eigenvalue weighted by atomic mass is 9.60. The van der Waals surface area contributed by atoms with Crippen molar-refractivity contribution in [3.63, 3.8) is 0 Å².